The van der Waals surface area contributed by atoms with E-state index < -0.39 is 11.9 Å². The van der Waals surface area contributed by atoms with Crippen LogP contribution in [0, 0.1) is 0 Å². The van der Waals surface area contributed by atoms with Gasteiger partial charge >= 0.3 is 0 Å². The molecular formula is C9H12O6. The molecule has 0 saturated carbocycles. The predicted octanol–water partition coefficient (Wildman–Crippen LogP) is 1.27. The lowest BCUT2D eigenvalue weighted by molar-refractivity contribution is -0.135. The van der Waals surface area contributed by atoms with Gasteiger partial charge in [0.15, 0.2) is 12.0 Å². The highest BCUT2D eigenvalue weighted by Gasteiger charge is 1.84. The maximum absolute atomic E-state index is 9.77. The lowest BCUT2D eigenvalue weighted by Crippen LogP contribution is -1.78. The molecule has 84 valence electrons. The van der Waals surface area contributed by atoms with Crippen LogP contribution in [0.5, 0.6) is 0 Å². The molecule has 0 fully saturated rings. The molecule has 6 heteroatoms. The molecular weight excluding hydrogens is 204 g/mol. The first-order valence-electron chi connectivity index (χ1n) is 3.78. The van der Waals surface area contributed by atoms with E-state index in [-0.39, 0.29) is 0 Å². The molecule has 0 amide bonds. The predicted molar refractivity (Wildman–Crippen MR) is 50.7 cm³/mol. The Hall–Kier alpha value is -2.11. The van der Waals surface area contributed by atoms with Crippen LogP contribution in [0.2, 0.25) is 0 Å². The Morgan fingerprint density at radius 1 is 1.27 bits per heavy atom. The normalized spacial score (nSPS) is 7.33. The zero-order valence-corrected chi connectivity index (χ0v) is 8.34. The number of aldehydes is 1. The lowest BCUT2D eigenvalue weighted by Gasteiger charge is -1.68. The number of rotatable bonds is 1. The second kappa shape index (κ2) is 9.97. The number of aliphatic carboxylic acids is 2. The van der Waals surface area contributed by atoms with Crippen LogP contribution in [0.15, 0.2) is 22.8 Å². The van der Waals surface area contributed by atoms with Crippen molar-refractivity contribution in [3.8, 4) is 0 Å². The smallest absolute Gasteiger partial charge is 0.300 e. The Balaban J connectivity index is 0. The van der Waals surface area contributed by atoms with E-state index >= 15 is 0 Å². The monoisotopic (exact) mass is 216 g/mol. The Bertz CT molecular complexity index is 268. The van der Waals surface area contributed by atoms with Gasteiger partial charge in [0.1, 0.15) is 0 Å². The molecule has 0 radical (unpaired) electrons. The van der Waals surface area contributed by atoms with E-state index in [0.717, 1.165) is 13.8 Å². The summed E-state index contributed by atoms with van der Waals surface area (Å²) in [5.41, 5.74) is 0. The molecule has 0 aromatic carbocycles. The van der Waals surface area contributed by atoms with Crippen molar-refractivity contribution in [2.75, 3.05) is 0 Å². The molecule has 0 atom stereocenters. The molecule has 2 N–H and O–H groups in total. The van der Waals surface area contributed by atoms with Crippen molar-refractivity contribution < 1.29 is 29.0 Å². The average Bonchev–Trinajstić information content (AvgIpc) is 2.52. The van der Waals surface area contributed by atoms with Gasteiger partial charge in [0.05, 0.1) is 6.26 Å². The van der Waals surface area contributed by atoms with Gasteiger partial charge in [0, 0.05) is 13.8 Å². The lowest BCUT2D eigenvalue weighted by atomic mass is 10.5. The summed E-state index contributed by atoms with van der Waals surface area (Å²) in [5, 5.41) is 14.8. The second-order valence-corrected chi connectivity index (χ2v) is 2.17. The Morgan fingerprint density at radius 2 is 1.67 bits per heavy atom. The number of furan rings is 1. The minimum Gasteiger partial charge on any atom is -0.481 e. The van der Waals surface area contributed by atoms with Gasteiger partial charge in [-0.1, -0.05) is 0 Å². The highest BCUT2D eigenvalue weighted by molar-refractivity contribution is 5.69. The van der Waals surface area contributed by atoms with Gasteiger partial charge in [-0.15, -0.1) is 0 Å². The first kappa shape index (κ1) is 15.4. The van der Waals surface area contributed by atoms with Crippen LogP contribution < -0.4 is 0 Å². The van der Waals surface area contributed by atoms with Crippen molar-refractivity contribution in [3.63, 3.8) is 0 Å². The fraction of sp³-hybridized carbons (Fsp3) is 0.222. The van der Waals surface area contributed by atoms with Gasteiger partial charge in [-0.05, 0) is 12.1 Å². The summed E-state index contributed by atoms with van der Waals surface area (Å²) in [4.78, 5) is 27.8. The second-order valence-electron chi connectivity index (χ2n) is 2.17. The van der Waals surface area contributed by atoms with E-state index in [4.69, 9.17) is 19.8 Å². The topological polar surface area (TPSA) is 105 Å². The maximum atomic E-state index is 9.77. The van der Waals surface area contributed by atoms with Crippen LogP contribution in [-0.2, 0) is 9.59 Å². The Kier molecular flexibility index (Phi) is 10.2. The number of carboxylic acid groups (broad SMARTS) is 2. The van der Waals surface area contributed by atoms with E-state index in [0.29, 0.717) is 12.0 Å². The first-order chi connectivity index (χ1) is 6.90. The van der Waals surface area contributed by atoms with Gasteiger partial charge in [-0.3, -0.25) is 14.4 Å². The number of hydrogen-bond acceptors (Lipinski definition) is 4. The van der Waals surface area contributed by atoms with E-state index in [1.807, 2.05) is 0 Å². The van der Waals surface area contributed by atoms with E-state index in [9.17, 15) is 4.79 Å². The van der Waals surface area contributed by atoms with Crippen LogP contribution in [0.3, 0.4) is 0 Å². The molecule has 0 saturated heterocycles. The highest BCUT2D eigenvalue weighted by Crippen LogP contribution is 1.92. The summed E-state index contributed by atoms with van der Waals surface area (Å²) in [6.45, 7) is 2.17. The molecule has 6 nitrogen and oxygen atoms in total. The van der Waals surface area contributed by atoms with Crippen LogP contribution >= 0.6 is 0 Å². The van der Waals surface area contributed by atoms with Crippen molar-refractivity contribution in [3.05, 3.63) is 24.2 Å². The number of carboxylic acids is 2. The molecule has 0 unspecified atom stereocenters. The molecule has 0 aliphatic rings. The molecule has 0 aliphatic heterocycles. The van der Waals surface area contributed by atoms with Crippen molar-refractivity contribution in [1.82, 2.24) is 0 Å². The van der Waals surface area contributed by atoms with Crippen molar-refractivity contribution >= 4 is 18.2 Å². The van der Waals surface area contributed by atoms with Gasteiger partial charge < -0.3 is 14.6 Å². The molecule has 1 heterocycles. The Labute approximate surface area is 86.1 Å². The third-order valence-electron chi connectivity index (χ3n) is 0.659. The van der Waals surface area contributed by atoms with Gasteiger partial charge in [-0.25, -0.2) is 0 Å². The first-order valence-corrected chi connectivity index (χ1v) is 3.78. The van der Waals surface area contributed by atoms with Gasteiger partial charge in [0.2, 0.25) is 0 Å². The zero-order valence-electron chi connectivity index (χ0n) is 8.34. The van der Waals surface area contributed by atoms with Crippen molar-refractivity contribution in [1.29, 1.82) is 0 Å². The standard InChI is InChI=1S/C5H4O2.2C2H4O2/c6-4-5-2-1-3-7-5;2*1-2(3)4/h1-4H;2*1H3,(H,3,4). The third kappa shape index (κ3) is 24.5. The summed E-state index contributed by atoms with van der Waals surface area (Å²) in [5.74, 6) is -1.29. The molecule has 1 rings (SSSR count). The third-order valence-corrected chi connectivity index (χ3v) is 0.659. The van der Waals surface area contributed by atoms with Crippen molar-refractivity contribution in [2.45, 2.75) is 13.8 Å². The molecule has 0 aliphatic carbocycles. The van der Waals surface area contributed by atoms with E-state index in [1.165, 1.54) is 6.26 Å². The SMILES string of the molecule is CC(=O)O.CC(=O)O.O=Cc1ccco1. The van der Waals surface area contributed by atoms with E-state index in [1.54, 1.807) is 12.1 Å². The minimum absolute atomic E-state index is 0.375. The van der Waals surface area contributed by atoms with Gasteiger partial charge in [-0.2, -0.15) is 0 Å². The van der Waals surface area contributed by atoms with Crippen LogP contribution in [0.4, 0.5) is 0 Å². The molecule has 0 spiro atoms. The van der Waals surface area contributed by atoms with Crippen LogP contribution in [-0.4, -0.2) is 28.4 Å². The highest BCUT2D eigenvalue weighted by atomic mass is 16.4. The average molecular weight is 216 g/mol. The molecule has 15 heavy (non-hydrogen) atoms. The summed E-state index contributed by atoms with van der Waals surface area (Å²) < 4.78 is 4.61. The summed E-state index contributed by atoms with van der Waals surface area (Å²) in [6.07, 6.45) is 2.13. The minimum atomic E-state index is -0.833. The summed E-state index contributed by atoms with van der Waals surface area (Å²) >= 11 is 0. The van der Waals surface area contributed by atoms with Crippen LogP contribution in [0.1, 0.15) is 24.4 Å². The fourth-order valence-electron chi connectivity index (χ4n) is 0.358. The zero-order chi connectivity index (χ0) is 12.3. The summed E-state index contributed by atoms with van der Waals surface area (Å²) in [6, 6.07) is 3.27. The molecule has 1 aromatic heterocycles. The number of carbonyl (C=O) groups is 3. The number of carbonyl (C=O) groups excluding carboxylic acids is 1. The van der Waals surface area contributed by atoms with Crippen LogP contribution in [0.25, 0.3) is 0 Å². The molecule has 0 bridgehead atoms. The molecule has 1 aromatic rings. The quantitative estimate of drug-likeness (QED) is 0.685. The largest absolute Gasteiger partial charge is 0.481 e. The fourth-order valence-corrected chi connectivity index (χ4v) is 0.358. The van der Waals surface area contributed by atoms with Crippen molar-refractivity contribution in [2.24, 2.45) is 0 Å². The number of hydrogen-bond donors (Lipinski definition) is 2. The Morgan fingerprint density at radius 3 is 1.80 bits per heavy atom. The maximum Gasteiger partial charge on any atom is 0.300 e. The van der Waals surface area contributed by atoms with E-state index in [2.05, 4.69) is 4.42 Å². The summed E-state index contributed by atoms with van der Waals surface area (Å²) in [7, 11) is 0. The van der Waals surface area contributed by atoms with Gasteiger partial charge in [0.25, 0.3) is 11.9 Å².